The molecule has 0 unspecified atom stereocenters. The highest BCUT2D eigenvalue weighted by Crippen LogP contribution is 2.30. The van der Waals surface area contributed by atoms with Crippen molar-refractivity contribution in [2.24, 2.45) is 7.05 Å². The minimum Gasteiger partial charge on any atom is -0.464 e. The SMILES string of the molecule is CNCc1ccc(-c2c3ncn(CC4(O)CCN(Cc5ccc(-c6ccco6)cc5Cl)CC4)c(=O)c3nn2C)cc1. The number of likely N-dealkylation sites (tertiary alicyclic amines) is 1. The lowest BCUT2D eigenvalue weighted by Crippen LogP contribution is -2.47. The number of piperidine rings is 1. The molecule has 3 aromatic heterocycles. The van der Waals surface area contributed by atoms with E-state index >= 15 is 0 Å². The normalized spacial score (nSPS) is 15.5. The molecule has 1 saturated heterocycles. The second kappa shape index (κ2) is 11.3. The van der Waals surface area contributed by atoms with Gasteiger partial charge in [-0.15, -0.1) is 0 Å². The third kappa shape index (κ3) is 5.58. The highest BCUT2D eigenvalue weighted by atomic mass is 35.5. The Morgan fingerprint density at radius 2 is 1.83 bits per heavy atom. The number of hydrogen-bond acceptors (Lipinski definition) is 7. The lowest BCUT2D eigenvalue weighted by Gasteiger charge is -2.38. The van der Waals surface area contributed by atoms with E-state index in [1.54, 1.807) is 10.9 Å². The molecule has 0 saturated carbocycles. The van der Waals surface area contributed by atoms with E-state index in [-0.39, 0.29) is 12.1 Å². The Hall–Kier alpha value is -3.76. The zero-order chi connectivity index (χ0) is 28.6. The molecular weight excluding hydrogens is 540 g/mol. The summed E-state index contributed by atoms with van der Waals surface area (Å²) >= 11 is 6.59. The quantitative estimate of drug-likeness (QED) is 0.283. The van der Waals surface area contributed by atoms with Gasteiger partial charge in [0.1, 0.15) is 11.3 Å². The third-order valence-electron chi connectivity index (χ3n) is 7.92. The fourth-order valence-electron chi connectivity index (χ4n) is 5.63. The molecule has 0 atom stereocenters. The molecular formula is C31H33ClN6O3. The molecule has 1 aliphatic rings. The van der Waals surface area contributed by atoms with Crippen molar-refractivity contribution in [3.05, 3.63) is 93.7 Å². The Bertz CT molecular complexity index is 1720. The third-order valence-corrected chi connectivity index (χ3v) is 8.28. The van der Waals surface area contributed by atoms with Crippen molar-refractivity contribution < 1.29 is 9.52 Å². The maximum atomic E-state index is 13.4. The van der Waals surface area contributed by atoms with Crippen LogP contribution in [0.1, 0.15) is 24.0 Å². The van der Waals surface area contributed by atoms with Gasteiger partial charge >= 0.3 is 0 Å². The molecule has 41 heavy (non-hydrogen) atoms. The molecule has 10 heteroatoms. The van der Waals surface area contributed by atoms with E-state index in [9.17, 15) is 9.90 Å². The summed E-state index contributed by atoms with van der Waals surface area (Å²) in [6.45, 7) is 3.02. The summed E-state index contributed by atoms with van der Waals surface area (Å²) in [7, 11) is 3.74. The zero-order valence-electron chi connectivity index (χ0n) is 23.2. The number of rotatable bonds is 8. The average molecular weight is 573 g/mol. The molecule has 6 rings (SSSR count). The minimum atomic E-state index is -1.01. The van der Waals surface area contributed by atoms with Crippen molar-refractivity contribution in [2.75, 3.05) is 20.1 Å². The van der Waals surface area contributed by atoms with E-state index in [1.807, 2.05) is 56.6 Å². The van der Waals surface area contributed by atoms with Gasteiger partial charge < -0.3 is 14.8 Å². The first-order valence-corrected chi connectivity index (χ1v) is 14.1. The zero-order valence-corrected chi connectivity index (χ0v) is 23.9. The van der Waals surface area contributed by atoms with Crippen molar-refractivity contribution >= 4 is 22.6 Å². The number of aromatic nitrogens is 4. The van der Waals surface area contributed by atoms with Crippen LogP contribution in [0.2, 0.25) is 5.02 Å². The van der Waals surface area contributed by atoms with Gasteiger partial charge in [-0.2, -0.15) is 5.10 Å². The number of fused-ring (bicyclic) bond motifs is 1. The fourth-order valence-corrected chi connectivity index (χ4v) is 5.87. The minimum absolute atomic E-state index is 0.172. The molecule has 212 valence electrons. The molecule has 1 fully saturated rings. The molecule has 1 aliphatic heterocycles. The average Bonchev–Trinajstić information content (AvgIpc) is 3.62. The fraction of sp³-hybridized carbons (Fsp3) is 0.323. The molecule has 0 aliphatic carbocycles. The van der Waals surface area contributed by atoms with Gasteiger partial charge in [0.05, 0.1) is 30.4 Å². The van der Waals surface area contributed by atoms with Crippen molar-refractivity contribution in [1.29, 1.82) is 0 Å². The van der Waals surface area contributed by atoms with Crippen LogP contribution in [0.3, 0.4) is 0 Å². The summed E-state index contributed by atoms with van der Waals surface area (Å²) in [5, 5.41) is 19.8. The second-order valence-electron chi connectivity index (χ2n) is 10.9. The number of benzene rings is 2. The molecule has 0 bridgehead atoms. The van der Waals surface area contributed by atoms with Crippen molar-refractivity contribution in [1.82, 2.24) is 29.5 Å². The topological polar surface area (TPSA) is 101 Å². The van der Waals surface area contributed by atoms with Crippen LogP contribution >= 0.6 is 11.6 Å². The van der Waals surface area contributed by atoms with Crippen LogP contribution in [0.25, 0.3) is 33.6 Å². The molecule has 0 spiro atoms. The van der Waals surface area contributed by atoms with E-state index in [0.717, 1.165) is 34.7 Å². The molecule has 0 radical (unpaired) electrons. The number of halogens is 1. The van der Waals surface area contributed by atoms with Crippen LogP contribution < -0.4 is 10.9 Å². The van der Waals surface area contributed by atoms with Gasteiger partial charge in [-0.05, 0) is 49.2 Å². The van der Waals surface area contributed by atoms with E-state index in [0.29, 0.717) is 48.5 Å². The van der Waals surface area contributed by atoms with Crippen LogP contribution in [0.15, 0.2) is 76.4 Å². The Labute approximate surface area is 243 Å². The molecule has 0 amide bonds. The summed E-state index contributed by atoms with van der Waals surface area (Å²) < 4.78 is 8.67. The Morgan fingerprint density at radius 1 is 1.07 bits per heavy atom. The lowest BCUT2D eigenvalue weighted by atomic mass is 9.91. The maximum Gasteiger partial charge on any atom is 0.281 e. The number of aliphatic hydroxyl groups is 1. The first-order valence-electron chi connectivity index (χ1n) is 13.8. The summed E-state index contributed by atoms with van der Waals surface area (Å²) in [4.78, 5) is 20.3. The molecule has 5 aromatic rings. The Morgan fingerprint density at radius 3 is 2.51 bits per heavy atom. The lowest BCUT2D eigenvalue weighted by molar-refractivity contribution is -0.0364. The van der Waals surface area contributed by atoms with Gasteiger partial charge in [-0.1, -0.05) is 48.0 Å². The van der Waals surface area contributed by atoms with Crippen molar-refractivity contribution in [3.8, 4) is 22.6 Å². The van der Waals surface area contributed by atoms with Gasteiger partial charge in [0.25, 0.3) is 5.56 Å². The molecule has 2 aromatic carbocycles. The van der Waals surface area contributed by atoms with Crippen LogP contribution in [0, 0.1) is 0 Å². The van der Waals surface area contributed by atoms with Crippen LogP contribution in [-0.4, -0.2) is 55.1 Å². The van der Waals surface area contributed by atoms with Gasteiger partial charge in [-0.3, -0.25) is 18.9 Å². The number of nitrogens with one attached hydrogen (secondary N) is 1. The summed E-state index contributed by atoms with van der Waals surface area (Å²) in [5.41, 5.74) is 4.49. The monoisotopic (exact) mass is 572 g/mol. The smallest absolute Gasteiger partial charge is 0.281 e. The largest absolute Gasteiger partial charge is 0.464 e. The summed E-state index contributed by atoms with van der Waals surface area (Å²) in [6.07, 6.45) is 4.25. The van der Waals surface area contributed by atoms with Gasteiger partial charge in [0.15, 0.2) is 5.52 Å². The Kier molecular flexibility index (Phi) is 7.52. The molecule has 9 nitrogen and oxygen atoms in total. The number of hydrogen-bond donors (Lipinski definition) is 2. The van der Waals surface area contributed by atoms with Crippen LogP contribution in [-0.2, 0) is 26.7 Å². The number of furan rings is 1. The van der Waals surface area contributed by atoms with Crippen LogP contribution in [0.5, 0.6) is 0 Å². The highest BCUT2D eigenvalue weighted by molar-refractivity contribution is 6.31. The highest BCUT2D eigenvalue weighted by Gasteiger charge is 2.33. The summed E-state index contributed by atoms with van der Waals surface area (Å²) in [6, 6.07) is 17.9. The van der Waals surface area contributed by atoms with E-state index in [1.165, 1.54) is 16.5 Å². The van der Waals surface area contributed by atoms with Crippen molar-refractivity contribution in [2.45, 2.75) is 38.1 Å². The maximum absolute atomic E-state index is 13.4. The molecule has 2 N–H and O–H groups in total. The standard InChI is InChI=1S/C31H33ClN6O3/c1-33-17-21-5-7-22(8-6-21)29-27-28(35-36(29)2)30(39)38(20-34-27)19-31(40)11-13-37(14-12-31)18-24-10-9-23(16-25(24)32)26-4-3-15-41-26/h3-10,15-16,20,33,40H,11-14,17-19H2,1-2H3. The Balaban J connectivity index is 1.14. The first-order chi connectivity index (χ1) is 19.8. The van der Waals surface area contributed by atoms with E-state index < -0.39 is 5.60 Å². The van der Waals surface area contributed by atoms with Gasteiger partial charge in [0, 0.05) is 49.4 Å². The number of aryl methyl sites for hydroxylation is 1. The number of nitrogens with zero attached hydrogens (tertiary/aromatic N) is 5. The molecule has 4 heterocycles. The predicted octanol–water partition coefficient (Wildman–Crippen LogP) is 4.46. The van der Waals surface area contributed by atoms with Crippen LogP contribution in [0.4, 0.5) is 0 Å². The summed E-state index contributed by atoms with van der Waals surface area (Å²) in [5.74, 6) is 0.783. The second-order valence-corrected chi connectivity index (χ2v) is 11.3. The van der Waals surface area contributed by atoms with Crippen molar-refractivity contribution in [3.63, 3.8) is 0 Å². The van der Waals surface area contributed by atoms with Gasteiger partial charge in [-0.25, -0.2) is 4.98 Å². The van der Waals surface area contributed by atoms with Gasteiger partial charge in [0.2, 0.25) is 0 Å². The first kappa shape index (κ1) is 27.4. The van der Waals surface area contributed by atoms with E-state index in [2.05, 4.69) is 32.4 Å². The van der Waals surface area contributed by atoms with E-state index in [4.69, 9.17) is 16.0 Å². The predicted molar refractivity (Wildman–Crippen MR) is 160 cm³/mol.